The Bertz CT molecular complexity index is 451. The maximum atomic E-state index is 12.2. The van der Waals surface area contributed by atoms with E-state index in [1.54, 1.807) is 23.9 Å². The minimum atomic E-state index is -0.156. The molecule has 0 aliphatic carbocycles. The molecule has 0 unspecified atom stereocenters. The SMILES string of the molecule is CN(C)C(=O)C1CCN(C(=O)C2=NNC(=O)CC2)CC1. The Labute approximate surface area is 118 Å². The van der Waals surface area contributed by atoms with Gasteiger partial charge in [0.1, 0.15) is 5.71 Å². The second kappa shape index (κ2) is 6.02. The number of nitrogens with one attached hydrogen (secondary N) is 1. The third kappa shape index (κ3) is 3.15. The number of hydrogen-bond donors (Lipinski definition) is 1. The normalized spacial score (nSPS) is 20.2. The molecule has 2 aliphatic heterocycles. The van der Waals surface area contributed by atoms with Crippen molar-refractivity contribution in [1.29, 1.82) is 0 Å². The molecular weight excluding hydrogens is 260 g/mol. The summed E-state index contributed by atoms with van der Waals surface area (Å²) in [5.74, 6) is -0.154. The number of likely N-dealkylation sites (tertiary alicyclic amines) is 1. The Hall–Kier alpha value is -1.92. The molecule has 7 nitrogen and oxygen atoms in total. The molecule has 1 N–H and O–H groups in total. The summed E-state index contributed by atoms with van der Waals surface area (Å²) in [6.07, 6.45) is 2.06. The number of amides is 3. The Morgan fingerprint density at radius 1 is 1.25 bits per heavy atom. The molecule has 7 heteroatoms. The van der Waals surface area contributed by atoms with Crippen molar-refractivity contribution in [3.63, 3.8) is 0 Å². The molecule has 2 aliphatic rings. The highest BCUT2D eigenvalue weighted by Gasteiger charge is 2.30. The number of carbonyl (C=O) groups excluding carboxylic acids is 3. The lowest BCUT2D eigenvalue weighted by atomic mass is 9.95. The minimum Gasteiger partial charge on any atom is -0.349 e. The van der Waals surface area contributed by atoms with Crippen LogP contribution in [-0.2, 0) is 14.4 Å². The van der Waals surface area contributed by atoms with Gasteiger partial charge < -0.3 is 9.80 Å². The molecule has 2 rings (SSSR count). The van der Waals surface area contributed by atoms with Gasteiger partial charge in [-0.2, -0.15) is 5.10 Å². The van der Waals surface area contributed by atoms with Crippen LogP contribution in [0.2, 0.25) is 0 Å². The number of nitrogens with zero attached hydrogens (tertiary/aromatic N) is 3. The molecule has 3 amide bonds. The smallest absolute Gasteiger partial charge is 0.270 e. The molecule has 0 aromatic carbocycles. The highest BCUT2D eigenvalue weighted by Crippen LogP contribution is 2.19. The third-order valence-corrected chi connectivity index (χ3v) is 3.72. The first-order valence-corrected chi connectivity index (χ1v) is 6.85. The number of carbonyl (C=O) groups is 3. The van der Waals surface area contributed by atoms with Gasteiger partial charge in [-0.05, 0) is 12.8 Å². The van der Waals surface area contributed by atoms with Crippen LogP contribution in [0.3, 0.4) is 0 Å². The molecule has 0 saturated carbocycles. The van der Waals surface area contributed by atoms with E-state index >= 15 is 0 Å². The number of rotatable bonds is 2. The minimum absolute atomic E-state index is 0.00190. The quantitative estimate of drug-likeness (QED) is 0.746. The predicted molar refractivity (Wildman–Crippen MR) is 72.8 cm³/mol. The molecule has 0 aromatic heterocycles. The van der Waals surface area contributed by atoms with Gasteiger partial charge in [-0.1, -0.05) is 0 Å². The summed E-state index contributed by atoms with van der Waals surface area (Å²) in [6, 6.07) is 0. The zero-order chi connectivity index (χ0) is 14.7. The van der Waals surface area contributed by atoms with Crippen molar-refractivity contribution in [3.8, 4) is 0 Å². The van der Waals surface area contributed by atoms with Crippen LogP contribution in [0.1, 0.15) is 25.7 Å². The molecule has 110 valence electrons. The fraction of sp³-hybridized carbons (Fsp3) is 0.692. The summed E-state index contributed by atoms with van der Waals surface area (Å²) in [6.45, 7) is 1.13. The summed E-state index contributed by atoms with van der Waals surface area (Å²) >= 11 is 0. The van der Waals surface area contributed by atoms with Crippen LogP contribution in [0.4, 0.5) is 0 Å². The largest absolute Gasteiger partial charge is 0.349 e. The number of piperidine rings is 1. The van der Waals surface area contributed by atoms with Gasteiger partial charge in [-0.3, -0.25) is 14.4 Å². The van der Waals surface area contributed by atoms with Crippen molar-refractivity contribution >= 4 is 23.4 Å². The second-order valence-electron chi connectivity index (χ2n) is 5.39. The van der Waals surface area contributed by atoms with Crippen LogP contribution in [-0.4, -0.2) is 60.4 Å². The molecular formula is C13H20N4O3. The van der Waals surface area contributed by atoms with Gasteiger partial charge in [0, 0.05) is 45.9 Å². The van der Waals surface area contributed by atoms with Crippen LogP contribution in [0.5, 0.6) is 0 Å². The van der Waals surface area contributed by atoms with Gasteiger partial charge in [-0.25, -0.2) is 5.43 Å². The van der Waals surface area contributed by atoms with Gasteiger partial charge in [0.25, 0.3) is 5.91 Å². The molecule has 1 fully saturated rings. The predicted octanol–water partition coefficient (Wildman–Crippen LogP) is -0.421. The number of hydrogen-bond acceptors (Lipinski definition) is 4. The van der Waals surface area contributed by atoms with E-state index in [-0.39, 0.29) is 23.6 Å². The first kappa shape index (κ1) is 14.5. The van der Waals surface area contributed by atoms with Gasteiger partial charge in [-0.15, -0.1) is 0 Å². The summed E-state index contributed by atoms with van der Waals surface area (Å²) in [5.41, 5.74) is 2.74. The molecule has 0 spiro atoms. The van der Waals surface area contributed by atoms with Crippen molar-refractivity contribution in [2.45, 2.75) is 25.7 Å². The van der Waals surface area contributed by atoms with Gasteiger partial charge >= 0.3 is 0 Å². The van der Waals surface area contributed by atoms with Crippen molar-refractivity contribution in [2.75, 3.05) is 27.2 Å². The lowest BCUT2D eigenvalue weighted by Gasteiger charge is -2.32. The highest BCUT2D eigenvalue weighted by molar-refractivity contribution is 6.39. The van der Waals surface area contributed by atoms with Crippen molar-refractivity contribution in [1.82, 2.24) is 15.2 Å². The van der Waals surface area contributed by atoms with Crippen LogP contribution in [0.15, 0.2) is 5.10 Å². The molecule has 0 atom stereocenters. The van der Waals surface area contributed by atoms with E-state index in [1.807, 2.05) is 0 Å². The fourth-order valence-corrected chi connectivity index (χ4v) is 2.51. The lowest BCUT2D eigenvalue weighted by molar-refractivity contribution is -0.136. The van der Waals surface area contributed by atoms with Crippen molar-refractivity contribution < 1.29 is 14.4 Å². The second-order valence-corrected chi connectivity index (χ2v) is 5.39. The average Bonchev–Trinajstić information content (AvgIpc) is 2.46. The molecule has 0 aromatic rings. The first-order chi connectivity index (χ1) is 9.49. The van der Waals surface area contributed by atoms with E-state index in [0.717, 1.165) is 0 Å². The highest BCUT2D eigenvalue weighted by atomic mass is 16.2. The number of hydrazone groups is 1. The molecule has 20 heavy (non-hydrogen) atoms. The summed E-state index contributed by atoms with van der Waals surface area (Å²) in [5, 5.41) is 3.82. The summed E-state index contributed by atoms with van der Waals surface area (Å²) < 4.78 is 0. The maximum absolute atomic E-state index is 12.2. The van der Waals surface area contributed by atoms with Gasteiger partial charge in [0.15, 0.2) is 0 Å². The molecule has 0 radical (unpaired) electrons. The van der Waals surface area contributed by atoms with E-state index in [4.69, 9.17) is 0 Å². The maximum Gasteiger partial charge on any atom is 0.270 e. The van der Waals surface area contributed by atoms with E-state index in [9.17, 15) is 14.4 Å². The zero-order valence-electron chi connectivity index (χ0n) is 11.9. The summed E-state index contributed by atoms with van der Waals surface area (Å²) in [4.78, 5) is 38.4. The third-order valence-electron chi connectivity index (χ3n) is 3.72. The lowest BCUT2D eigenvalue weighted by Crippen LogP contribution is -2.46. The van der Waals surface area contributed by atoms with E-state index in [1.165, 1.54) is 0 Å². The van der Waals surface area contributed by atoms with Gasteiger partial charge in [0.05, 0.1) is 0 Å². The van der Waals surface area contributed by atoms with E-state index in [0.29, 0.717) is 44.5 Å². The Kier molecular flexibility index (Phi) is 4.36. The van der Waals surface area contributed by atoms with Crippen LogP contribution in [0, 0.1) is 5.92 Å². The van der Waals surface area contributed by atoms with Crippen molar-refractivity contribution in [2.24, 2.45) is 11.0 Å². The topological polar surface area (TPSA) is 82.1 Å². The van der Waals surface area contributed by atoms with Crippen LogP contribution in [0.25, 0.3) is 0 Å². The fourth-order valence-electron chi connectivity index (χ4n) is 2.51. The van der Waals surface area contributed by atoms with Gasteiger partial charge in [0.2, 0.25) is 11.8 Å². The zero-order valence-corrected chi connectivity index (χ0v) is 11.9. The van der Waals surface area contributed by atoms with E-state index < -0.39 is 0 Å². The Balaban J connectivity index is 1.89. The monoisotopic (exact) mass is 280 g/mol. The molecule has 1 saturated heterocycles. The summed E-state index contributed by atoms with van der Waals surface area (Å²) in [7, 11) is 3.50. The van der Waals surface area contributed by atoms with Crippen molar-refractivity contribution in [3.05, 3.63) is 0 Å². The molecule has 2 heterocycles. The standard InChI is InChI=1S/C13H20N4O3/c1-16(2)12(19)9-5-7-17(8-6-9)13(20)10-3-4-11(18)15-14-10/h9H,3-8H2,1-2H3,(H,15,18). The Morgan fingerprint density at radius 2 is 1.90 bits per heavy atom. The van der Waals surface area contributed by atoms with Crippen LogP contribution >= 0.6 is 0 Å². The molecule has 0 bridgehead atoms. The Morgan fingerprint density at radius 3 is 2.40 bits per heavy atom. The van der Waals surface area contributed by atoms with Crippen LogP contribution < -0.4 is 5.43 Å². The average molecular weight is 280 g/mol. The first-order valence-electron chi connectivity index (χ1n) is 6.85. The van der Waals surface area contributed by atoms with E-state index in [2.05, 4.69) is 10.5 Å².